The molecular formula is C13H19N3OS. The van der Waals surface area contributed by atoms with E-state index in [-0.39, 0.29) is 11.9 Å². The van der Waals surface area contributed by atoms with Crippen LogP contribution < -0.4 is 5.32 Å². The SMILES string of the molecule is CCSC1CCCC1NC(=O)c1cnc(C)cn1. The second kappa shape index (κ2) is 6.18. The maximum absolute atomic E-state index is 12.0. The van der Waals surface area contributed by atoms with Gasteiger partial charge in [-0.25, -0.2) is 4.98 Å². The van der Waals surface area contributed by atoms with Crippen molar-refractivity contribution in [1.29, 1.82) is 0 Å². The van der Waals surface area contributed by atoms with Gasteiger partial charge in [-0.05, 0) is 25.5 Å². The molecular weight excluding hydrogens is 246 g/mol. The summed E-state index contributed by atoms with van der Waals surface area (Å²) in [6.45, 7) is 4.02. The molecule has 0 radical (unpaired) electrons. The predicted octanol–water partition coefficient (Wildman–Crippen LogP) is 2.19. The molecule has 1 saturated carbocycles. The summed E-state index contributed by atoms with van der Waals surface area (Å²) in [6.07, 6.45) is 6.64. The number of thioether (sulfide) groups is 1. The van der Waals surface area contributed by atoms with Gasteiger partial charge in [0.2, 0.25) is 0 Å². The van der Waals surface area contributed by atoms with Gasteiger partial charge in [-0.3, -0.25) is 9.78 Å². The second-order valence-corrected chi connectivity index (χ2v) is 6.06. The number of hydrogen-bond donors (Lipinski definition) is 1. The van der Waals surface area contributed by atoms with Gasteiger partial charge in [-0.15, -0.1) is 0 Å². The normalized spacial score (nSPS) is 23.0. The van der Waals surface area contributed by atoms with Crippen LogP contribution in [-0.4, -0.2) is 32.9 Å². The van der Waals surface area contributed by atoms with Gasteiger partial charge in [0.1, 0.15) is 5.69 Å². The Morgan fingerprint density at radius 3 is 2.94 bits per heavy atom. The molecule has 1 fully saturated rings. The summed E-state index contributed by atoms with van der Waals surface area (Å²) < 4.78 is 0. The molecule has 1 aromatic rings. The fourth-order valence-corrected chi connectivity index (χ4v) is 3.45. The fraction of sp³-hybridized carbons (Fsp3) is 0.615. The lowest BCUT2D eigenvalue weighted by atomic mass is 10.2. The van der Waals surface area contributed by atoms with Crippen molar-refractivity contribution in [3.63, 3.8) is 0 Å². The summed E-state index contributed by atoms with van der Waals surface area (Å²) in [6, 6.07) is 0.283. The van der Waals surface area contributed by atoms with Gasteiger partial charge in [-0.1, -0.05) is 13.3 Å². The summed E-state index contributed by atoms with van der Waals surface area (Å²) in [5.74, 6) is 0.998. The molecule has 1 amide bonds. The van der Waals surface area contributed by atoms with Gasteiger partial charge >= 0.3 is 0 Å². The highest BCUT2D eigenvalue weighted by Crippen LogP contribution is 2.29. The predicted molar refractivity (Wildman–Crippen MR) is 73.8 cm³/mol. The van der Waals surface area contributed by atoms with Crippen LogP contribution in [0.3, 0.4) is 0 Å². The highest BCUT2D eigenvalue weighted by atomic mass is 32.2. The molecule has 1 heterocycles. The Bertz CT molecular complexity index is 407. The van der Waals surface area contributed by atoms with Gasteiger partial charge in [0.25, 0.3) is 5.91 Å². The third kappa shape index (κ3) is 3.22. The molecule has 0 bridgehead atoms. The zero-order valence-electron chi connectivity index (χ0n) is 10.8. The monoisotopic (exact) mass is 265 g/mol. The summed E-state index contributed by atoms with van der Waals surface area (Å²) in [7, 11) is 0. The molecule has 0 spiro atoms. The fourth-order valence-electron chi connectivity index (χ4n) is 2.26. The van der Waals surface area contributed by atoms with Gasteiger partial charge in [0.05, 0.1) is 11.9 Å². The summed E-state index contributed by atoms with van der Waals surface area (Å²) in [4.78, 5) is 20.3. The van der Waals surface area contributed by atoms with Crippen LogP contribution in [0.2, 0.25) is 0 Å². The van der Waals surface area contributed by atoms with Crippen LogP contribution in [0, 0.1) is 6.92 Å². The maximum atomic E-state index is 12.0. The Hall–Kier alpha value is -1.10. The molecule has 2 rings (SSSR count). The maximum Gasteiger partial charge on any atom is 0.271 e. The van der Waals surface area contributed by atoms with Gasteiger partial charge in [0.15, 0.2) is 0 Å². The lowest BCUT2D eigenvalue weighted by Gasteiger charge is -2.19. The van der Waals surface area contributed by atoms with E-state index >= 15 is 0 Å². The first kappa shape index (κ1) is 13.3. The van der Waals surface area contributed by atoms with Gasteiger partial charge in [-0.2, -0.15) is 11.8 Å². The molecule has 1 N–H and O–H groups in total. The average Bonchev–Trinajstić information content (AvgIpc) is 2.78. The summed E-state index contributed by atoms with van der Waals surface area (Å²) in [5, 5.41) is 3.64. The minimum absolute atomic E-state index is 0.101. The molecule has 5 heteroatoms. The first-order chi connectivity index (χ1) is 8.70. The Labute approximate surface area is 112 Å². The van der Waals surface area contributed by atoms with E-state index in [0.29, 0.717) is 10.9 Å². The Morgan fingerprint density at radius 1 is 1.44 bits per heavy atom. The number of nitrogens with one attached hydrogen (secondary N) is 1. The number of aromatic nitrogens is 2. The van der Waals surface area contributed by atoms with Crippen LogP contribution in [0.25, 0.3) is 0 Å². The van der Waals surface area contributed by atoms with Crippen molar-refractivity contribution in [2.45, 2.75) is 44.4 Å². The topological polar surface area (TPSA) is 54.9 Å². The number of nitrogens with zero attached hydrogens (tertiary/aromatic N) is 2. The van der Waals surface area contributed by atoms with E-state index in [1.165, 1.54) is 12.8 Å². The van der Waals surface area contributed by atoms with Crippen LogP contribution in [-0.2, 0) is 0 Å². The van der Waals surface area contributed by atoms with Crippen LogP contribution in [0.4, 0.5) is 0 Å². The van der Waals surface area contributed by atoms with Crippen molar-refractivity contribution in [1.82, 2.24) is 15.3 Å². The second-order valence-electron chi connectivity index (χ2n) is 4.55. The van der Waals surface area contributed by atoms with Crippen molar-refractivity contribution in [3.05, 3.63) is 23.8 Å². The van der Waals surface area contributed by atoms with E-state index in [0.717, 1.165) is 17.9 Å². The molecule has 1 aromatic heterocycles. The lowest BCUT2D eigenvalue weighted by Crippen LogP contribution is -2.39. The Balaban J connectivity index is 1.96. The van der Waals surface area contributed by atoms with E-state index < -0.39 is 0 Å². The zero-order valence-corrected chi connectivity index (χ0v) is 11.7. The standard InChI is InChI=1S/C13H19N3OS/c1-3-18-12-6-4-5-10(12)16-13(17)11-8-14-9(2)7-15-11/h7-8,10,12H,3-6H2,1-2H3,(H,16,17). The van der Waals surface area contributed by atoms with Gasteiger partial charge in [0, 0.05) is 17.5 Å². The smallest absolute Gasteiger partial charge is 0.271 e. The number of amides is 1. The molecule has 0 aliphatic heterocycles. The minimum Gasteiger partial charge on any atom is -0.347 e. The van der Waals surface area contributed by atoms with Crippen molar-refractivity contribution >= 4 is 17.7 Å². The van der Waals surface area contributed by atoms with Crippen molar-refractivity contribution in [3.8, 4) is 0 Å². The van der Waals surface area contributed by atoms with Crippen LogP contribution in [0.15, 0.2) is 12.4 Å². The molecule has 98 valence electrons. The van der Waals surface area contributed by atoms with E-state index in [2.05, 4.69) is 22.2 Å². The van der Waals surface area contributed by atoms with Crippen LogP contribution in [0.1, 0.15) is 42.4 Å². The number of carbonyl (C=O) groups excluding carboxylic acids is 1. The third-order valence-corrected chi connectivity index (χ3v) is 4.49. The number of rotatable bonds is 4. The van der Waals surface area contributed by atoms with E-state index in [1.54, 1.807) is 12.4 Å². The minimum atomic E-state index is -0.101. The molecule has 2 atom stereocenters. The van der Waals surface area contributed by atoms with Crippen LogP contribution >= 0.6 is 11.8 Å². The van der Waals surface area contributed by atoms with E-state index in [4.69, 9.17) is 0 Å². The Kier molecular flexibility index (Phi) is 4.58. The lowest BCUT2D eigenvalue weighted by molar-refractivity contribution is 0.0933. The molecule has 0 aromatic carbocycles. The molecule has 18 heavy (non-hydrogen) atoms. The number of carbonyl (C=O) groups is 1. The van der Waals surface area contributed by atoms with E-state index in [1.807, 2.05) is 18.7 Å². The molecule has 0 saturated heterocycles. The highest BCUT2D eigenvalue weighted by Gasteiger charge is 2.28. The molecule has 2 unspecified atom stereocenters. The summed E-state index contributed by atoms with van der Waals surface area (Å²) in [5.41, 5.74) is 1.24. The van der Waals surface area contributed by atoms with Crippen molar-refractivity contribution in [2.75, 3.05) is 5.75 Å². The number of aryl methyl sites for hydroxylation is 1. The zero-order chi connectivity index (χ0) is 13.0. The van der Waals surface area contributed by atoms with Crippen molar-refractivity contribution < 1.29 is 4.79 Å². The first-order valence-corrected chi connectivity index (χ1v) is 7.46. The van der Waals surface area contributed by atoms with Crippen LogP contribution in [0.5, 0.6) is 0 Å². The van der Waals surface area contributed by atoms with Crippen molar-refractivity contribution in [2.24, 2.45) is 0 Å². The van der Waals surface area contributed by atoms with Gasteiger partial charge < -0.3 is 5.32 Å². The van der Waals surface area contributed by atoms with E-state index in [9.17, 15) is 4.79 Å². The quantitative estimate of drug-likeness (QED) is 0.906. The molecule has 4 nitrogen and oxygen atoms in total. The Morgan fingerprint density at radius 2 is 2.28 bits per heavy atom. The average molecular weight is 265 g/mol. The largest absolute Gasteiger partial charge is 0.347 e. The third-order valence-electron chi connectivity index (χ3n) is 3.16. The molecule has 1 aliphatic rings. The highest BCUT2D eigenvalue weighted by molar-refractivity contribution is 7.99. The summed E-state index contributed by atoms with van der Waals surface area (Å²) >= 11 is 1.94. The number of hydrogen-bond acceptors (Lipinski definition) is 4. The molecule has 1 aliphatic carbocycles. The first-order valence-electron chi connectivity index (χ1n) is 6.42.